The highest BCUT2D eigenvalue weighted by Gasteiger charge is 2.69. The molecule has 0 aromatic heterocycles. The minimum absolute atomic E-state index is 0.0918. The number of amides is 1. The highest BCUT2D eigenvalue weighted by molar-refractivity contribution is 6.16. The molecular formula is C28H21N3O5. The fourth-order valence-corrected chi connectivity index (χ4v) is 6.22. The first-order chi connectivity index (χ1) is 17.4. The summed E-state index contributed by atoms with van der Waals surface area (Å²) in [7, 11) is 0. The fraction of sp³-hybridized carbons (Fsp3) is 0.179. The van der Waals surface area contributed by atoms with Gasteiger partial charge in [-0.25, -0.2) is 0 Å². The van der Waals surface area contributed by atoms with Gasteiger partial charge in [-0.15, -0.1) is 0 Å². The van der Waals surface area contributed by atoms with Gasteiger partial charge in [-0.1, -0.05) is 60.7 Å². The number of carbonyl (C=O) groups is 3. The van der Waals surface area contributed by atoms with Gasteiger partial charge in [0.25, 0.3) is 5.69 Å². The molecule has 0 bridgehead atoms. The van der Waals surface area contributed by atoms with Crippen LogP contribution in [0.1, 0.15) is 28.4 Å². The Morgan fingerprint density at radius 3 is 2.56 bits per heavy atom. The molecule has 0 saturated carbocycles. The molecule has 4 atom stereocenters. The lowest BCUT2D eigenvalue weighted by Gasteiger charge is -2.37. The molecule has 8 heteroatoms. The van der Waals surface area contributed by atoms with E-state index in [1.807, 2.05) is 53.5 Å². The average Bonchev–Trinajstić information content (AvgIpc) is 3.37. The predicted octanol–water partition coefficient (Wildman–Crippen LogP) is 4.16. The second kappa shape index (κ2) is 7.71. The van der Waals surface area contributed by atoms with Crippen molar-refractivity contribution >= 4 is 40.6 Å². The van der Waals surface area contributed by atoms with Crippen LogP contribution < -0.4 is 10.2 Å². The average molecular weight is 479 g/mol. The Morgan fingerprint density at radius 1 is 1.03 bits per heavy atom. The number of non-ortho nitro benzene ring substituents is 1. The van der Waals surface area contributed by atoms with Crippen molar-refractivity contribution in [3.8, 4) is 0 Å². The lowest BCUT2D eigenvalue weighted by molar-refractivity contribution is -0.384. The number of hydrogen-bond donors (Lipinski definition) is 1. The van der Waals surface area contributed by atoms with Crippen LogP contribution in [0.5, 0.6) is 0 Å². The van der Waals surface area contributed by atoms with Crippen LogP contribution in [0.3, 0.4) is 0 Å². The van der Waals surface area contributed by atoms with Crippen molar-refractivity contribution in [2.75, 3.05) is 10.2 Å². The van der Waals surface area contributed by atoms with E-state index in [9.17, 15) is 24.5 Å². The van der Waals surface area contributed by atoms with Gasteiger partial charge in [0, 0.05) is 29.1 Å². The van der Waals surface area contributed by atoms with Crippen LogP contribution in [0, 0.1) is 16.0 Å². The molecule has 1 amide bonds. The molecule has 1 saturated heterocycles. The number of nitro groups is 1. The zero-order chi connectivity index (χ0) is 25.2. The largest absolute Gasteiger partial charge is 0.352 e. The maximum Gasteiger partial charge on any atom is 0.270 e. The van der Waals surface area contributed by atoms with Crippen molar-refractivity contribution in [3.63, 3.8) is 0 Å². The number of para-hydroxylation sites is 2. The molecule has 3 aliphatic heterocycles. The molecule has 3 aromatic rings. The van der Waals surface area contributed by atoms with E-state index in [1.165, 1.54) is 31.2 Å². The van der Waals surface area contributed by atoms with Gasteiger partial charge in [-0.2, -0.15) is 0 Å². The maximum absolute atomic E-state index is 14.3. The lowest BCUT2D eigenvalue weighted by atomic mass is 9.64. The van der Waals surface area contributed by atoms with Crippen molar-refractivity contribution in [3.05, 3.63) is 106 Å². The fourth-order valence-electron chi connectivity index (χ4n) is 6.22. The number of fused-ring (bicyclic) bond motifs is 6. The molecule has 3 heterocycles. The Hall–Kier alpha value is -4.59. The highest BCUT2D eigenvalue weighted by Crippen LogP contribution is 2.57. The second-order valence-corrected chi connectivity index (χ2v) is 9.34. The Bertz CT molecular complexity index is 1510. The van der Waals surface area contributed by atoms with Crippen LogP contribution in [-0.4, -0.2) is 34.5 Å². The molecule has 8 nitrogen and oxygen atoms in total. The van der Waals surface area contributed by atoms with E-state index in [-0.39, 0.29) is 22.9 Å². The van der Waals surface area contributed by atoms with Crippen molar-refractivity contribution in [1.29, 1.82) is 0 Å². The third-order valence-electron chi connectivity index (χ3n) is 7.58. The van der Waals surface area contributed by atoms with Gasteiger partial charge in [-0.05, 0) is 30.2 Å². The van der Waals surface area contributed by atoms with Crippen LogP contribution in [0.2, 0.25) is 0 Å². The van der Waals surface area contributed by atoms with E-state index < -0.39 is 34.1 Å². The minimum Gasteiger partial charge on any atom is -0.352 e. The van der Waals surface area contributed by atoms with E-state index in [2.05, 4.69) is 5.32 Å². The monoisotopic (exact) mass is 479 g/mol. The smallest absolute Gasteiger partial charge is 0.270 e. The standard InChI is InChI=1S/C28H21N3O5/c1-16(32)25-24(26(33)18-8-6-9-19(15-18)31(35)36)28(20-10-3-4-11-21(20)29-27(28)34)23-14-13-17-7-2-5-12-22(17)30(23)25/h2-15,23-25H,1H3,(H,29,34)/t23-,24+,25+,28+/m0/s1. The summed E-state index contributed by atoms with van der Waals surface area (Å²) in [5.41, 5.74) is 1.33. The van der Waals surface area contributed by atoms with E-state index in [4.69, 9.17) is 0 Å². The summed E-state index contributed by atoms with van der Waals surface area (Å²) in [6.07, 6.45) is 3.81. The summed E-state index contributed by atoms with van der Waals surface area (Å²) in [5.74, 6) is -2.22. The van der Waals surface area contributed by atoms with Gasteiger partial charge in [0.15, 0.2) is 11.6 Å². The van der Waals surface area contributed by atoms with Gasteiger partial charge in [-0.3, -0.25) is 24.5 Å². The van der Waals surface area contributed by atoms with Crippen LogP contribution in [0.15, 0.2) is 78.9 Å². The summed E-state index contributed by atoms with van der Waals surface area (Å²) in [5, 5.41) is 14.4. The molecule has 6 rings (SSSR count). The molecular weight excluding hydrogens is 458 g/mol. The molecule has 1 fully saturated rings. The number of anilines is 2. The Kier molecular flexibility index (Phi) is 4.69. The molecule has 3 aliphatic rings. The van der Waals surface area contributed by atoms with Crippen molar-refractivity contribution < 1.29 is 19.3 Å². The first-order valence-electron chi connectivity index (χ1n) is 11.6. The number of Topliss-reactive ketones (excluding diaryl/α,β-unsaturated/α-hetero) is 2. The first kappa shape index (κ1) is 21.9. The molecule has 1 N–H and O–H groups in total. The van der Waals surface area contributed by atoms with Gasteiger partial charge < -0.3 is 10.2 Å². The third-order valence-corrected chi connectivity index (χ3v) is 7.58. The van der Waals surface area contributed by atoms with E-state index in [0.717, 1.165) is 11.3 Å². The molecule has 1 spiro atoms. The number of nitro benzene ring substituents is 1. The van der Waals surface area contributed by atoms with Crippen LogP contribution in [-0.2, 0) is 15.0 Å². The summed E-state index contributed by atoms with van der Waals surface area (Å²) in [4.78, 5) is 54.4. The van der Waals surface area contributed by atoms with E-state index in [1.54, 1.807) is 12.1 Å². The first-order valence-corrected chi connectivity index (χ1v) is 11.6. The second-order valence-electron chi connectivity index (χ2n) is 9.34. The van der Waals surface area contributed by atoms with Gasteiger partial charge in [0.05, 0.1) is 22.9 Å². The number of nitrogens with one attached hydrogen (secondary N) is 1. The van der Waals surface area contributed by atoms with Crippen LogP contribution in [0.25, 0.3) is 6.08 Å². The molecule has 0 aliphatic carbocycles. The van der Waals surface area contributed by atoms with Crippen molar-refractivity contribution in [1.82, 2.24) is 0 Å². The van der Waals surface area contributed by atoms with Crippen molar-refractivity contribution in [2.45, 2.75) is 24.4 Å². The van der Waals surface area contributed by atoms with Crippen molar-refractivity contribution in [2.24, 2.45) is 5.92 Å². The number of rotatable bonds is 4. The number of ketones is 2. The molecule has 3 aromatic carbocycles. The number of hydrogen-bond acceptors (Lipinski definition) is 6. The SMILES string of the molecule is CC(=O)[C@@H]1[C@H](C(=O)c2cccc([N+](=O)[O-])c2)[C@]2(C(=O)Nc3ccccc32)[C@@H]2C=Cc3ccccc3N12. The Labute approximate surface area is 206 Å². The van der Waals surface area contributed by atoms with E-state index in [0.29, 0.717) is 11.3 Å². The van der Waals surface area contributed by atoms with E-state index >= 15 is 0 Å². The summed E-state index contributed by atoms with van der Waals surface area (Å²) in [6, 6.07) is 18.7. The van der Waals surface area contributed by atoms with Gasteiger partial charge >= 0.3 is 0 Å². The minimum atomic E-state index is -1.40. The van der Waals surface area contributed by atoms with Gasteiger partial charge in [0.1, 0.15) is 5.41 Å². The summed E-state index contributed by atoms with van der Waals surface area (Å²) < 4.78 is 0. The van der Waals surface area contributed by atoms with Gasteiger partial charge in [0.2, 0.25) is 5.91 Å². The number of nitrogens with zero attached hydrogens (tertiary/aromatic N) is 2. The molecule has 178 valence electrons. The third kappa shape index (κ3) is 2.78. The quantitative estimate of drug-likeness (QED) is 0.342. The molecule has 0 unspecified atom stereocenters. The summed E-state index contributed by atoms with van der Waals surface area (Å²) in [6.45, 7) is 1.42. The zero-order valence-corrected chi connectivity index (χ0v) is 19.3. The molecule has 0 radical (unpaired) electrons. The Balaban J connectivity index is 1.65. The molecule has 36 heavy (non-hydrogen) atoms. The number of benzene rings is 3. The van der Waals surface area contributed by atoms with Crippen LogP contribution >= 0.6 is 0 Å². The predicted molar refractivity (Wildman–Crippen MR) is 134 cm³/mol. The number of carbonyl (C=O) groups excluding carboxylic acids is 3. The van der Waals surface area contributed by atoms with Crippen LogP contribution in [0.4, 0.5) is 17.1 Å². The highest BCUT2D eigenvalue weighted by atomic mass is 16.6. The maximum atomic E-state index is 14.3. The topological polar surface area (TPSA) is 110 Å². The summed E-state index contributed by atoms with van der Waals surface area (Å²) >= 11 is 0. The normalized spacial score (nSPS) is 25.2. The Morgan fingerprint density at radius 2 is 1.78 bits per heavy atom. The zero-order valence-electron chi connectivity index (χ0n) is 19.3. The lowest BCUT2D eigenvalue weighted by Crippen LogP contribution is -2.51.